The fourth-order valence-corrected chi connectivity index (χ4v) is 4.86. The summed E-state index contributed by atoms with van der Waals surface area (Å²) in [5.74, 6) is 1.27. The van der Waals surface area contributed by atoms with Gasteiger partial charge in [-0.3, -0.25) is 0 Å². The van der Waals surface area contributed by atoms with Gasteiger partial charge in [0.2, 0.25) is 5.90 Å². The zero-order valence-electron chi connectivity index (χ0n) is 19.8. The van der Waals surface area contributed by atoms with Gasteiger partial charge in [0, 0.05) is 46.7 Å². The molecule has 1 heterocycles. The Bertz CT molecular complexity index is 1160. The number of nitrogens with zero attached hydrogens (tertiary/aromatic N) is 3. The van der Waals surface area contributed by atoms with Gasteiger partial charge in [-0.2, -0.15) is 0 Å². The largest absolute Gasteiger partial charge is 0.481 e. The molecule has 0 fully saturated rings. The Morgan fingerprint density at radius 3 is 2.78 bits per heavy atom. The number of benzene rings is 2. The average molecular weight is 434 g/mol. The van der Waals surface area contributed by atoms with Gasteiger partial charge in [-0.25, -0.2) is 4.99 Å². The summed E-state index contributed by atoms with van der Waals surface area (Å²) in [6, 6.07) is 10.7. The second-order valence-corrected chi connectivity index (χ2v) is 9.27. The molecule has 5 nitrogen and oxygen atoms in total. The number of ether oxygens (including phenoxy) is 1. The Kier molecular flexibility index (Phi) is 6.68. The number of aliphatic hydroxyl groups excluding tert-OH is 1. The molecule has 0 spiro atoms. The van der Waals surface area contributed by atoms with Gasteiger partial charge in [0.05, 0.1) is 13.2 Å². The van der Waals surface area contributed by atoms with E-state index in [0.29, 0.717) is 11.8 Å². The van der Waals surface area contributed by atoms with Crippen LogP contribution in [-0.2, 0) is 17.7 Å². The van der Waals surface area contributed by atoms with Crippen LogP contribution in [0.3, 0.4) is 0 Å². The van der Waals surface area contributed by atoms with Gasteiger partial charge in [0.1, 0.15) is 0 Å². The number of aliphatic imine (C=N–C) groups is 1. The minimum Gasteiger partial charge on any atom is -0.481 e. The number of hydrogen-bond acceptors (Lipinski definition) is 4. The van der Waals surface area contributed by atoms with E-state index in [2.05, 4.69) is 72.3 Å². The van der Waals surface area contributed by atoms with Crippen molar-refractivity contribution in [3.05, 3.63) is 59.8 Å². The SMILES string of the molecule is C=CN=C(OC)c1ccc2c(c1)c1c3c(ccc1n2CCN(C)CCC(C)C)C(O)CC3. The zero-order chi connectivity index (χ0) is 22.8. The lowest BCUT2D eigenvalue weighted by atomic mass is 10.0. The Balaban J connectivity index is 1.82. The first-order valence-corrected chi connectivity index (χ1v) is 11.6. The maximum absolute atomic E-state index is 10.5. The van der Waals surface area contributed by atoms with Crippen LogP contribution in [0.25, 0.3) is 21.8 Å². The van der Waals surface area contributed by atoms with Crippen LogP contribution < -0.4 is 0 Å². The number of aliphatic hydroxyl groups is 1. The third-order valence-corrected chi connectivity index (χ3v) is 6.64. The summed E-state index contributed by atoms with van der Waals surface area (Å²) in [5.41, 5.74) is 5.74. The average Bonchev–Trinajstić information content (AvgIpc) is 3.31. The lowest BCUT2D eigenvalue weighted by Gasteiger charge is -2.19. The Morgan fingerprint density at radius 2 is 2.06 bits per heavy atom. The van der Waals surface area contributed by atoms with Crippen LogP contribution in [0, 0.1) is 5.92 Å². The van der Waals surface area contributed by atoms with Crippen LogP contribution >= 0.6 is 0 Å². The summed E-state index contributed by atoms with van der Waals surface area (Å²) in [6.07, 6.45) is 4.05. The summed E-state index contributed by atoms with van der Waals surface area (Å²) in [6.45, 7) is 11.3. The highest BCUT2D eigenvalue weighted by Gasteiger charge is 2.25. The standard InChI is InChI=1S/C27H35N3O2/c1-6-28-27(32-5)19-7-10-23-22(17-19)26-21-9-12-25(31)20(21)8-11-24(26)30(23)16-15-29(4)14-13-18(2)3/h6-8,10-11,17-18,25,31H,1,9,12-16H2,2-5H3. The highest BCUT2D eigenvalue weighted by Crippen LogP contribution is 2.41. The van der Waals surface area contributed by atoms with Gasteiger partial charge < -0.3 is 19.3 Å². The third-order valence-electron chi connectivity index (χ3n) is 6.64. The summed E-state index contributed by atoms with van der Waals surface area (Å²) < 4.78 is 7.94. The van der Waals surface area contributed by atoms with Crippen molar-refractivity contribution < 1.29 is 9.84 Å². The lowest BCUT2D eigenvalue weighted by Crippen LogP contribution is -2.25. The van der Waals surface area contributed by atoms with Crippen molar-refractivity contribution in [3.63, 3.8) is 0 Å². The molecule has 3 aromatic rings. The summed E-state index contributed by atoms with van der Waals surface area (Å²) in [5, 5.41) is 12.9. The molecule has 2 aromatic carbocycles. The van der Waals surface area contributed by atoms with Gasteiger partial charge in [-0.15, -0.1) is 0 Å². The molecule has 0 saturated carbocycles. The molecular formula is C27H35N3O2. The Hall–Kier alpha value is -2.63. The predicted molar refractivity (Wildman–Crippen MR) is 133 cm³/mol. The van der Waals surface area contributed by atoms with E-state index in [0.717, 1.165) is 43.6 Å². The number of likely N-dealkylation sites (N-methyl/N-ethyl adjacent to an activating group) is 1. The third kappa shape index (κ3) is 4.19. The van der Waals surface area contributed by atoms with E-state index >= 15 is 0 Å². The van der Waals surface area contributed by atoms with Crippen molar-refractivity contribution in [2.45, 2.75) is 45.8 Å². The van der Waals surface area contributed by atoms with Gasteiger partial charge in [0.25, 0.3) is 0 Å². The van der Waals surface area contributed by atoms with Gasteiger partial charge in [-0.05, 0) is 74.2 Å². The highest BCUT2D eigenvalue weighted by atomic mass is 16.5. The molecule has 5 heteroatoms. The van der Waals surface area contributed by atoms with Crippen molar-refractivity contribution in [2.75, 3.05) is 27.2 Å². The maximum atomic E-state index is 10.5. The van der Waals surface area contributed by atoms with Crippen LogP contribution in [0.5, 0.6) is 0 Å². The molecule has 1 aromatic heterocycles. The van der Waals surface area contributed by atoms with Crippen LogP contribution in [0.4, 0.5) is 0 Å². The molecule has 0 saturated heterocycles. The number of rotatable bonds is 8. The molecule has 0 bridgehead atoms. The number of hydrogen-bond donors (Lipinski definition) is 1. The van der Waals surface area contributed by atoms with Crippen molar-refractivity contribution in [1.82, 2.24) is 9.47 Å². The molecule has 0 aliphatic heterocycles. The van der Waals surface area contributed by atoms with E-state index in [9.17, 15) is 5.11 Å². The normalized spacial score (nSPS) is 16.5. The molecule has 1 aliphatic rings. The van der Waals surface area contributed by atoms with E-state index in [4.69, 9.17) is 4.74 Å². The van der Waals surface area contributed by atoms with E-state index < -0.39 is 0 Å². The summed E-state index contributed by atoms with van der Waals surface area (Å²) in [7, 11) is 3.84. The predicted octanol–water partition coefficient (Wildman–Crippen LogP) is 5.29. The van der Waals surface area contributed by atoms with Crippen LogP contribution in [-0.4, -0.2) is 47.7 Å². The van der Waals surface area contributed by atoms with Gasteiger partial charge >= 0.3 is 0 Å². The molecular weight excluding hydrogens is 398 g/mol. The molecule has 1 unspecified atom stereocenters. The monoisotopic (exact) mass is 433 g/mol. The number of aromatic nitrogens is 1. The fraction of sp³-hybridized carbons (Fsp3) is 0.444. The zero-order valence-corrected chi connectivity index (χ0v) is 19.8. The smallest absolute Gasteiger partial charge is 0.220 e. The van der Waals surface area contributed by atoms with Crippen LogP contribution in [0.1, 0.15) is 49.5 Å². The molecule has 170 valence electrons. The van der Waals surface area contributed by atoms with Crippen molar-refractivity contribution >= 4 is 27.7 Å². The Labute approximate surface area is 191 Å². The van der Waals surface area contributed by atoms with Crippen molar-refractivity contribution in [2.24, 2.45) is 10.9 Å². The Morgan fingerprint density at radius 1 is 1.28 bits per heavy atom. The molecule has 0 amide bonds. The molecule has 1 aliphatic carbocycles. The first-order chi connectivity index (χ1) is 15.4. The molecule has 32 heavy (non-hydrogen) atoms. The quantitative estimate of drug-likeness (QED) is 0.388. The van der Waals surface area contributed by atoms with Gasteiger partial charge in [0.15, 0.2) is 0 Å². The minimum absolute atomic E-state index is 0.366. The van der Waals surface area contributed by atoms with E-state index in [1.807, 2.05) is 0 Å². The summed E-state index contributed by atoms with van der Waals surface area (Å²) >= 11 is 0. The van der Waals surface area contributed by atoms with E-state index in [1.165, 1.54) is 40.0 Å². The lowest BCUT2D eigenvalue weighted by molar-refractivity contribution is 0.180. The minimum atomic E-state index is -0.366. The maximum Gasteiger partial charge on any atom is 0.220 e. The van der Waals surface area contributed by atoms with Crippen molar-refractivity contribution in [3.8, 4) is 0 Å². The first kappa shape index (κ1) is 22.6. The topological polar surface area (TPSA) is 50.0 Å². The number of methoxy groups -OCH3 is 1. The number of aryl methyl sites for hydroxylation is 1. The van der Waals surface area contributed by atoms with Crippen LogP contribution in [0.2, 0.25) is 0 Å². The van der Waals surface area contributed by atoms with Gasteiger partial charge in [-0.1, -0.05) is 26.5 Å². The highest BCUT2D eigenvalue weighted by molar-refractivity contribution is 6.12. The van der Waals surface area contributed by atoms with E-state index in [1.54, 1.807) is 7.11 Å². The number of fused-ring (bicyclic) bond motifs is 5. The van der Waals surface area contributed by atoms with E-state index in [-0.39, 0.29) is 6.10 Å². The first-order valence-electron chi connectivity index (χ1n) is 11.6. The molecule has 1 atom stereocenters. The van der Waals surface area contributed by atoms with Crippen LogP contribution in [0.15, 0.2) is 48.1 Å². The van der Waals surface area contributed by atoms with Crippen molar-refractivity contribution in [1.29, 1.82) is 0 Å². The fourth-order valence-electron chi connectivity index (χ4n) is 4.86. The second kappa shape index (κ2) is 9.47. The molecule has 0 radical (unpaired) electrons. The summed E-state index contributed by atoms with van der Waals surface area (Å²) in [4.78, 5) is 6.71. The molecule has 1 N–H and O–H groups in total. The second-order valence-electron chi connectivity index (χ2n) is 9.27. The molecule has 4 rings (SSSR count).